The van der Waals surface area contributed by atoms with Crippen LogP contribution in [0.4, 0.5) is 11.4 Å². The summed E-state index contributed by atoms with van der Waals surface area (Å²) in [6.45, 7) is 3.32. The maximum Gasteiger partial charge on any atom is 0.237 e. The maximum atomic E-state index is 12.7. The molecular formula is C21H21N3O3S. The molecule has 0 saturated carbocycles. The number of carbonyl (C=O) groups excluding carboxylic acids is 2. The van der Waals surface area contributed by atoms with Gasteiger partial charge in [0.25, 0.3) is 0 Å². The van der Waals surface area contributed by atoms with Gasteiger partial charge in [-0.2, -0.15) is 0 Å². The summed E-state index contributed by atoms with van der Waals surface area (Å²) in [7, 11) is 1.59. The number of anilines is 2. The molecule has 0 aliphatic carbocycles. The van der Waals surface area contributed by atoms with E-state index in [-0.39, 0.29) is 17.1 Å². The fraction of sp³-hybridized carbons (Fsp3) is 0.190. The van der Waals surface area contributed by atoms with E-state index in [0.717, 1.165) is 16.0 Å². The molecule has 0 saturated heterocycles. The van der Waals surface area contributed by atoms with Crippen LogP contribution < -0.4 is 15.4 Å². The van der Waals surface area contributed by atoms with Gasteiger partial charge in [0, 0.05) is 29.1 Å². The molecule has 1 aromatic heterocycles. The Hall–Kier alpha value is -3.06. The first-order valence-corrected chi connectivity index (χ1v) is 9.63. The van der Waals surface area contributed by atoms with E-state index in [1.807, 2.05) is 49.4 Å². The SMILES string of the molecule is COc1ccc(NC(=O)C(C)Sc2ccc(NC(C)=O)cc2)c2cccnc12. The van der Waals surface area contributed by atoms with E-state index < -0.39 is 0 Å². The van der Waals surface area contributed by atoms with Crippen molar-refractivity contribution in [3.63, 3.8) is 0 Å². The lowest BCUT2D eigenvalue weighted by Crippen LogP contribution is -2.22. The highest BCUT2D eigenvalue weighted by molar-refractivity contribution is 8.00. The number of pyridine rings is 1. The summed E-state index contributed by atoms with van der Waals surface area (Å²) >= 11 is 1.45. The number of carbonyl (C=O) groups is 2. The molecule has 28 heavy (non-hydrogen) atoms. The lowest BCUT2D eigenvalue weighted by atomic mass is 10.1. The van der Waals surface area contributed by atoms with Gasteiger partial charge in [0.2, 0.25) is 11.8 Å². The highest BCUT2D eigenvalue weighted by Gasteiger charge is 2.17. The zero-order valence-electron chi connectivity index (χ0n) is 15.9. The molecule has 144 valence electrons. The molecule has 0 aliphatic heterocycles. The molecule has 2 amide bonds. The molecule has 1 heterocycles. The number of thioether (sulfide) groups is 1. The molecule has 0 fully saturated rings. The summed E-state index contributed by atoms with van der Waals surface area (Å²) in [4.78, 5) is 29.1. The molecular weight excluding hydrogens is 374 g/mol. The summed E-state index contributed by atoms with van der Waals surface area (Å²) in [5.41, 5.74) is 2.13. The van der Waals surface area contributed by atoms with Crippen LogP contribution in [-0.4, -0.2) is 29.2 Å². The Morgan fingerprint density at radius 3 is 2.50 bits per heavy atom. The largest absolute Gasteiger partial charge is 0.494 e. The zero-order valence-corrected chi connectivity index (χ0v) is 16.7. The minimum absolute atomic E-state index is 0.105. The standard InChI is InChI=1S/C21H21N3O3S/c1-13(28-16-8-6-15(7-9-16)23-14(2)25)21(26)24-18-10-11-19(27-3)20-17(18)5-4-12-22-20/h4-13H,1-3H3,(H,23,25)(H,24,26). The van der Waals surface area contributed by atoms with Crippen molar-refractivity contribution in [3.8, 4) is 5.75 Å². The topological polar surface area (TPSA) is 80.3 Å². The first kappa shape index (κ1) is 19.7. The van der Waals surface area contributed by atoms with E-state index in [1.54, 1.807) is 19.4 Å². The fourth-order valence-electron chi connectivity index (χ4n) is 2.73. The van der Waals surface area contributed by atoms with Crippen molar-refractivity contribution in [1.82, 2.24) is 4.98 Å². The van der Waals surface area contributed by atoms with Crippen LogP contribution >= 0.6 is 11.8 Å². The van der Waals surface area contributed by atoms with E-state index in [2.05, 4.69) is 15.6 Å². The van der Waals surface area contributed by atoms with E-state index >= 15 is 0 Å². The Morgan fingerprint density at radius 1 is 1.07 bits per heavy atom. The Bertz CT molecular complexity index is 1010. The smallest absolute Gasteiger partial charge is 0.237 e. The number of hydrogen-bond acceptors (Lipinski definition) is 5. The predicted molar refractivity (Wildman–Crippen MR) is 113 cm³/mol. The molecule has 1 unspecified atom stereocenters. The van der Waals surface area contributed by atoms with Crippen LogP contribution in [0.25, 0.3) is 10.9 Å². The molecule has 3 rings (SSSR count). The van der Waals surface area contributed by atoms with Crippen molar-refractivity contribution < 1.29 is 14.3 Å². The number of hydrogen-bond donors (Lipinski definition) is 2. The third-order valence-electron chi connectivity index (χ3n) is 4.07. The lowest BCUT2D eigenvalue weighted by molar-refractivity contribution is -0.115. The molecule has 0 bridgehead atoms. The minimum atomic E-state index is -0.305. The van der Waals surface area contributed by atoms with Crippen LogP contribution in [0.1, 0.15) is 13.8 Å². The average molecular weight is 395 g/mol. The van der Waals surface area contributed by atoms with Crippen LogP contribution in [0.15, 0.2) is 59.6 Å². The van der Waals surface area contributed by atoms with Crippen LogP contribution in [-0.2, 0) is 9.59 Å². The summed E-state index contributed by atoms with van der Waals surface area (Å²) < 4.78 is 5.34. The highest BCUT2D eigenvalue weighted by Crippen LogP contribution is 2.31. The third kappa shape index (κ3) is 4.61. The van der Waals surface area contributed by atoms with Crippen molar-refractivity contribution in [3.05, 3.63) is 54.7 Å². The number of aromatic nitrogens is 1. The summed E-state index contributed by atoms with van der Waals surface area (Å²) in [6, 6.07) is 14.7. The molecule has 3 aromatic rings. The second-order valence-corrected chi connectivity index (χ2v) is 7.58. The number of methoxy groups -OCH3 is 1. The number of rotatable bonds is 6. The van der Waals surface area contributed by atoms with Crippen LogP contribution in [0.5, 0.6) is 5.75 Å². The summed E-state index contributed by atoms with van der Waals surface area (Å²) in [5, 5.41) is 6.23. The summed E-state index contributed by atoms with van der Waals surface area (Å²) in [6.07, 6.45) is 1.69. The number of amides is 2. The van der Waals surface area contributed by atoms with Gasteiger partial charge in [0.15, 0.2) is 0 Å². The van der Waals surface area contributed by atoms with Gasteiger partial charge < -0.3 is 15.4 Å². The number of nitrogens with zero attached hydrogens (tertiary/aromatic N) is 1. The zero-order chi connectivity index (χ0) is 20.1. The Balaban J connectivity index is 1.71. The van der Waals surface area contributed by atoms with E-state index in [4.69, 9.17) is 4.74 Å². The van der Waals surface area contributed by atoms with Crippen molar-refractivity contribution >= 4 is 45.9 Å². The van der Waals surface area contributed by atoms with Crippen molar-refractivity contribution in [2.24, 2.45) is 0 Å². The molecule has 0 spiro atoms. The number of ether oxygens (including phenoxy) is 1. The lowest BCUT2D eigenvalue weighted by Gasteiger charge is -2.14. The van der Waals surface area contributed by atoms with Crippen LogP contribution in [0.3, 0.4) is 0 Å². The molecule has 2 aromatic carbocycles. The second kappa shape index (κ2) is 8.75. The van der Waals surface area contributed by atoms with Gasteiger partial charge in [-0.3, -0.25) is 14.6 Å². The van der Waals surface area contributed by atoms with Crippen LogP contribution in [0.2, 0.25) is 0 Å². The molecule has 6 nitrogen and oxygen atoms in total. The predicted octanol–water partition coefficient (Wildman–Crippen LogP) is 4.32. The first-order valence-electron chi connectivity index (χ1n) is 8.75. The summed E-state index contributed by atoms with van der Waals surface area (Å²) in [5.74, 6) is 0.441. The Kier molecular flexibility index (Phi) is 6.16. The van der Waals surface area contributed by atoms with Crippen molar-refractivity contribution in [2.45, 2.75) is 24.0 Å². The number of benzene rings is 2. The molecule has 0 radical (unpaired) electrons. The third-order valence-corrected chi connectivity index (χ3v) is 5.18. The fourth-order valence-corrected chi connectivity index (χ4v) is 3.60. The monoisotopic (exact) mass is 395 g/mol. The van der Waals surface area contributed by atoms with Crippen molar-refractivity contribution in [2.75, 3.05) is 17.7 Å². The highest BCUT2D eigenvalue weighted by atomic mass is 32.2. The van der Waals surface area contributed by atoms with Crippen molar-refractivity contribution in [1.29, 1.82) is 0 Å². The van der Waals surface area contributed by atoms with Crippen LogP contribution in [0, 0.1) is 0 Å². The van der Waals surface area contributed by atoms with Gasteiger partial charge in [-0.1, -0.05) is 0 Å². The normalized spacial score (nSPS) is 11.7. The van der Waals surface area contributed by atoms with Gasteiger partial charge in [-0.05, 0) is 55.5 Å². The van der Waals surface area contributed by atoms with E-state index in [9.17, 15) is 9.59 Å². The molecule has 1 atom stereocenters. The van der Waals surface area contributed by atoms with Gasteiger partial charge in [0.05, 0.1) is 18.0 Å². The number of fused-ring (bicyclic) bond motifs is 1. The molecule has 0 aliphatic rings. The first-order chi connectivity index (χ1) is 13.5. The Labute approximate surface area is 167 Å². The van der Waals surface area contributed by atoms with Gasteiger partial charge in [-0.25, -0.2) is 0 Å². The minimum Gasteiger partial charge on any atom is -0.494 e. The molecule has 7 heteroatoms. The quantitative estimate of drug-likeness (QED) is 0.608. The van der Waals surface area contributed by atoms with E-state index in [0.29, 0.717) is 17.0 Å². The van der Waals surface area contributed by atoms with Gasteiger partial charge >= 0.3 is 0 Å². The second-order valence-electron chi connectivity index (χ2n) is 6.17. The van der Waals surface area contributed by atoms with Gasteiger partial charge in [0.1, 0.15) is 11.3 Å². The molecule has 2 N–H and O–H groups in total. The maximum absolute atomic E-state index is 12.7. The van der Waals surface area contributed by atoms with E-state index in [1.165, 1.54) is 18.7 Å². The average Bonchev–Trinajstić information content (AvgIpc) is 2.69. The number of nitrogens with one attached hydrogen (secondary N) is 2. The van der Waals surface area contributed by atoms with Gasteiger partial charge in [-0.15, -0.1) is 11.8 Å². The Morgan fingerprint density at radius 2 is 1.82 bits per heavy atom.